The van der Waals surface area contributed by atoms with Gasteiger partial charge in [0.15, 0.2) is 12.3 Å². The van der Waals surface area contributed by atoms with Gasteiger partial charge in [-0.15, -0.1) is 11.3 Å². The molecule has 0 fully saturated rings. The number of aromatic nitrogens is 3. The number of rotatable bonds is 4. The number of hydrogen-bond acceptors (Lipinski definition) is 9. The highest BCUT2D eigenvalue weighted by atomic mass is 32.1. The second-order valence-electron chi connectivity index (χ2n) is 7.29. The number of nitrogens with zero attached hydrogens (tertiary/aromatic N) is 5. The van der Waals surface area contributed by atoms with Crippen LogP contribution in [0, 0.1) is 11.3 Å². The Balaban J connectivity index is 1.95. The molecule has 1 aromatic carbocycles. The van der Waals surface area contributed by atoms with Gasteiger partial charge in [-0.25, -0.2) is 9.98 Å². The predicted octanol–water partition coefficient (Wildman–Crippen LogP) is 2.37. The van der Waals surface area contributed by atoms with Crippen LogP contribution in [0.2, 0.25) is 0 Å². The summed E-state index contributed by atoms with van der Waals surface area (Å²) in [5.74, 6) is -0.0891. The molecule has 31 heavy (non-hydrogen) atoms. The lowest BCUT2D eigenvalue weighted by molar-refractivity contribution is -0.739. The van der Waals surface area contributed by atoms with E-state index in [1.54, 1.807) is 7.05 Å². The first kappa shape index (κ1) is 20.3. The monoisotopic (exact) mass is 433 g/mol. The van der Waals surface area contributed by atoms with E-state index in [9.17, 15) is 10.4 Å². The van der Waals surface area contributed by atoms with Crippen LogP contribution in [0.3, 0.4) is 0 Å². The minimum atomic E-state index is -0.588. The van der Waals surface area contributed by atoms with E-state index in [4.69, 9.17) is 16.0 Å². The molecule has 0 aliphatic carbocycles. The number of nitrogen functional groups attached to an aromatic ring is 2. The van der Waals surface area contributed by atoms with Gasteiger partial charge >= 0.3 is 5.88 Å². The molecule has 0 saturated heterocycles. The third-order valence-corrected chi connectivity index (χ3v) is 5.94. The van der Waals surface area contributed by atoms with Crippen molar-refractivity contribution in [2.75, 3.05) is 11.5 Å². The van der Waals surface area contributed by atoms with E-state index >= 15 is 0 Å². The van der Waals surface area contributed by atoms with Gasteiger partial charge in [0.25, 0.3) is 6.20 Å². The minimum Gasteiger partial charge on any atom is -0.857 e. The molecular formula is C21H19N7O2S. The fraction of sp³-hybridized carbons (Fsp3) is 0.190. The van der Waals surface area contributed by atoms with Gasteiger partial charge in [0.05, 0.1) is 10.6 Å². The van der Waals surface area contributed by atoms with Crippen molar-refractivity contribution in [1.29, 1.82) is 5.26 Å². The standard InChI is InChI=1S/C21H19N7O2S/c1-10(2)11-4-6-12(7-5-11)15-13(8-22)19(24)26-21-16(15)17(23)18(31-21)20(29)25-14-9-28(3)27-30-14/h4-7,9-10H,1-3H3,(H4-,23,24,25,26,27,29). The zero-order valence-corrected chi connectivity index (χ0v) is 17.9. The van der Waals surface area contributed by atoms with Gasteiger partial charge in [0, 0.05) is 16.8 Å². The normalized spacial score (nSPS) is 11.9. The van der Waals surface area contributed by atoms with Crippen LogP contribution in [0.15, 0.2) is 40.0 Å². The van der Waals surface area contributed by atoms with Gasteiger partial charge in [0.1, 0.15) is 22.3 Å². The highest BCUT2D eigenvalue weighted by Crippen LogP contribution is 2.42. The van der Waals surface area contributed by atoms with Crippen molar-refractivity contribution >= 4 is 44.8 Å². The Labute approximate surface area is 181 Å². The van der Waals surface area contributed by atoms with Crippen LogP contribution < -0.4 is 21.3 Å². The van der Waals surface area contributed by atoms with Gasteiger partial charge in [-0.05, 0) is 17.0 Å². The third-order valence-electron chi connectivity index (χ3n) is 4.85. The number of benzene rings is 1. The number of hydrogen-bond donors (Lipinski definition) is 2. The summed E-state index contributed by atoms with van der Waals surface area (Å²) in [6.07, 6.45) is 1.47. The maximum absolute atomic E-state index is 12.8. The molecule has 0 spiro atoms. The predicted molar refractivity (Wildman–Crippen MR) is 117 cm³/mol. The molecule has 0 amide bonds. The molecule has 156 valence electrons. The molecule has 0 radical (unpaired) electrons. The summed E-state index contributed by atoms with van der Waals surface area (Å²) in [7, 11) is 1.65. The fourth-order valence-corrected chi connectivity index (χ4v) is 4.28. The van der Waals surface area contributed by atoms with Crippen molar-refractivity contribution in [1.82, 2.24) is 10.3 Å². The van der Waals surface area contributed by atoms with Crippen LogP contribution in [-0.2, 0) is 7.05 Å². The first-order valence-corrected chi connectivity index (χ1v) is 10.2. The molecule has 4 rings (SSSR count). The quantitative estimate of drug-likeness (QED) is 0.284. The van der Waals surface area contributed by atoms with E-state index in [-0.39, 0.29) is 27.8 Å². The Morgan fingerprint density at radius 1 is 1.29 bits per heavy atom. The highest BCUT2D eigenvalue weighted by molar-refractivity contribution is 7.21. The molecule has 0 aliphatic heterocycles. The summed E-state index contributed by atoms with van der Waals surface area (Å²) in [5.41, 5.74) is 15.3. The Morgan fingerprint density at radius 2 is 2.00 bits per heavy atom. The molecule has 10 heteroatoms. The van der Waals surface area contributed by atoms with E-state index in [2.05, 4.69) is 35.2 Å². The number of aliphatic imine (C=N–C) groups is 1. The van der Waals surface area contributed by atoms with Crippen molar-refractivity contribution < 1.29 is 14.3 Å². The molecule has 0 unspecified atom stereocenters. The van der Waals surface area contributed by atoms with Crippen LogP contribution in [-0.4, -0.2) is 16.2 Å². The zero-order chi connectivity index (χ0) is 22.3. The topological polar surface area (TPSA) is 154 Å². The summed E-state index contributed by atoms with van der Waals surface area (Å²) >= 11 is 1.07. The van der Waals surface area contributed by atoms with Crippen molar-refractivity contribution in [3.63, 3.8) is 0 Å². The average Bonchev–Trinajstić information content (AvgIpc) is 3.29. The molecule has 9 nitrogen and oxygen atoms in total. The van der Waals surface area contributed by atoms with E-state index in [1.807, 2.05) is 24.3 Å². The number of fused-ring (bicyclic) bond motifs is 1. The lowest BCUT2D eigenvalue weighted by Crippen LogP contribution is -2.27. The summed E-state index contributed by atoms with van der Waals surface area (Å²) in [5, 5.41) is 26.7. The van der Waals surface area contributed by atoms with Gasteiger partial charge in [-0.3, -0.25) is 4.52 Å². The summed E-state index contributed by atoms with van der Waals surface area (Å²) in [6.45, 7) is 4.20. The van der Waals surface area contributed by atoms with Gasteiger partial charge < -0.3 is 16.6 Å². The lowest BCUT2D eigenvalue weighted by Gasteiger charge is -2.12. The molecular weight excluding hydrogens is 414 g/mol. The van der Waals surface area contributed by atoms with Gasteiger partial charge in [-0.2, -0.15) is 5.26 Å². The molecule has 4 aromatic rings. The molecule has 3 aromatic heterocycles. The van der Waals surface area contributed by atoms with Crippen molar-refractivity contribution in [3.05, 3.63) is 46.5 Å². The van der Waals surface area contributed by atoms with E-state index in [1.165, 1.54) is 10.9 Å². The lowest BCUT2D eigenvalue weighted by atomic mass is 9.94. The number of thiophene rings is 1. The molecule has 4 N–H and O–H groups in total. The Morgan fingerprint density at radius 3 is 2.58 bits per heavy atom. The summed E-state index contributed by atoms with van der Waals surface area (Å²) < 4.78 is 6.35. The second-order valence-corrected chi connectivity index (χ2v) is 8.29. The Hall–Kier alpha value is -3.97. The molecule has 0 atom stereocenters. The fourth-order valence-electron chi connectivity index (χ4n) is 3.28. The third kappa shape index (κ3) is 3.55. The van der Waals surface area contributed by atoms with Crippen molar-refractivity contribution in [3.8, 4) is 17.2 Å². The Kier molecular flexibility index (Phi) is 5.04. The number of nitrogens with two attached hydrogens (primary N) is 2. The largest absolute Gasteiger partial charge is 0.857 e. The van der Waals surface area contributed by atoms with E-state index in [0.717, 1.165) is 22.5 Å². The van der Waals surface area contributed by atoms with Crippen LogP contribution in [0.1, 0.15) is 35.8 Å². The maximum atomic E-state index is 12.8. The molecule has 0 saturated carbocycles. The number of nitriles is 1. The first-order chi connectivity index (χ1) is 14.8. The molecule has 0 bridgehead atoms. The van der Waals surface area contributed by atoms with Crippen LogP contribution >= 0.6 is 11.3 Å². The number of aryl methyl sites for hydroxylation is 1. The second kappa shape index (κ2) is 7.70. The average molecular weight is 433 g/mol. The molecule has 0 aliphatic rings. The van der Waals surface area contributed by atoms with E-state index in [0.29, 0.717) is 21.7 Å². The van der Waals surface area contributed by atoms with Crippen molar-refractivity contribution in [2.45, 2.75) is 19.8 Å². The number of anilines is 2. The van der Waals surface area contributed by atoms with E-state index < -0.39 is 5.90 Å². The van der Waals surface area contributed by atoms with Gasteiger partial charge in [0.2, 0.25) is 0 Å². The van der Waals surface area contributed by atoms with Crippen LogP contribution in [0.5, 0.6) is 0 Å². The Bertz CT molecular complexity index is 1360. The number of pyridine rings is 1. The van der Waals surface area contributed by atoms with Crippen molar-refractivity contribution in [2.24, 2.45) is 12.0 Å². The summed E-state index contributed by atoms with van der Waals surface area (Å²) in [4.78, 5) is 8.88. The van der Waals surface area contributed by atoms with Crippen LogP contribution in [0.25, 0.3) is 21.3 Å². The molecule has 3 heterocycles. The van der Waals surface area contributed by atoms with Gasteiger partial charge in [-0.1, -0.05) is 42.8 Å². The first-order valence-electron chi connectivity index (χ1n) is 9.40. The summed E-state index contributed by atoms with van der Waals surface area (Å²) in [6, 6.07) is 9.96. The SMILES string of the molecule is CC(C)c1ccc(-c2c(C#N)c(N)nc3sc(/C([O-])=N/c4c[n+](C)no4)c(N)c23)cc1. The maximum Gasteiger partial charge on any atom is 0.320 e. The minimum absolute atomic E-state index is 0.0547. The smallest absolute Gasteiger partial charge is 0.320 e. The van der Waals surface area contributed by atoms with Crippen LogP contribution in [0.4, 0.5) is 17.4 Å². The highest BCUT2D eigenvalue weighted by Gasteiger charge is 2.22. The zero-order valence-electron chi connectivity index (χ0n) is 17.1.